The number of hydrogen-bond donors (Lipinski definition) is 0. The van der Waals surface area contributed by atoms with Crippen LogP contribution in [-0.2, 0) is 25.7 Å². The molecule has 0 amide bonds. The van der Waals surface area contributed by atoms with E-state index in [-0.39, 0.29) is 34.0 Å². The van der Waals surface area contributed by atoms with Gasteiger partial charge in [-0.15, -0.1) is 0 Å². The van der Waals surface area contributed by atoms with Crippen LogP contribution in [0.3, 0.4) is 0 Å². The normalized spacial score (nSPS) is 24.7. The SMILES string of the molecule is CCc1cccc(CC)c1N1C(C(Cl)(Cl)C2N(c3c(CC)cccc3CC)C(C)(C)CC2(C)C)C(C)(C)CC1(C)C. The molecule has 0 spiro atoms. The van der Waals surface area contributed by atoms with Crippen LogP contribution in [0, 0.1) is 10.8 Å². The lowest BCUT2D eigenvalue weighted by Gasteiger charge is -2.53. The van der Waals surface area contributed by atoms with Crippen LogP contribution in [0.1, 0.15) is 118 Å². The van der Waals surface area contributed by atoms with Gasteiger partial charge in [0, 0.05) is 22.5 Å². The fraction of sp³-hybridized carbons (Fsp3) is 0.676. The topological polar surface area (TPSA) is 6.48 Å². The van der Waals surface area contributed by atoms with Gasteiger partial charge in [0.25, 0.3) is 0 Å². The Morgan fingerprint density at radius 1 is 0.585 bits per heavy atom. The Balaban J connectivity index is 2.02. The number of rotatable bonds is 8. The molecule has 228 valence electrons. The highest BCUT2D eigenvalue weighted by atomic mass is 35.5. The maximum absolute atomic E-state index is 8.13. The molecule has 2 heterocycles. The van der Waals surface area contributed by atoms with Crippen LogP contribution < -0.4 is 9.80 Å². The summed E-state index contributed by atoms with van der Waals surface area (Å²) < 4.78 is -1.05. The first-order valence-corrected chi connectivity index (χ1v) is 16.8. The lowest BCUT2D eigenvalue weighted by molar-refractivity contribution is 0.230. The second-order valence-electron chi connectivity index (χ2n) is 15.4. The summed E-state index contributed by atoms with van der Waals surface area (Å²) in [5, 5.41) is 0. The molecule has 0 aromatic heterocycles. The third-order valence-electron chi connectivity index (χ3n) is 10.2. The third-order valence-corrected chi connectivity index (χ3v) is 11.0. The van der Waals surface area contributed by atoms with Crippen LogP contribution in [0.5, 0.6) is 0 Å². The molecule has 0 radical (unpaired) electrons. The maximum atomic E-state index is 8.13. The van der Waals surface area contributed by atoms with E-state index >= 15 is 0 Å². The minimum Gasteiger partial charge on any atom is -0.359 e. The molecule has 4 heteroatoms. The van der Waals surface area contributed by atoms with Gasteiger partial charge in [-0.1, -0.05) is 115 Å². The van der Waals surface area contributed by atoms with Gasteiger partial charge in [-0.3, -0.25) is 0 Å². The molecule has 0 saturated carbocycles. The fourth-order valence-electron chi connectivity index (χ4n) is 9.44. The molecule has 2 unspecified atom stereocenters. The van der Waals surface area contributed by atoms with Crippen LogP contribution in [0.15, 0.2) is 36.4 Å². The van der Waals surface area contributed by atoms with Crippen molar-refractivity contribution in [3.05, 3.63) is 58.7 Å². The smallest absolute Gasteiger partial charge is 0.159 e. The predicted octanol–water partition coefficient (Wildman–Crippen LogP) is 10.6. The zero-order valence-corrected chi connectivity index (χ0v) is 29.5. The molecule has 0 aliphatic carbocycles. The van der Waals surface area contributed by atoms with Crippen molar-refractivity contribution in [2.45, 2.75) is 149 Å². The zero-order chi connectivity index (χ0) is 30.8. The van der Waals surface area contributed by atoms with Crippen molar-refractivity contribution in [2.75, 3.05) is 9.80 Å². The van der Waals surface area contributed by atoms with E-state index in [1.165, 1.54) is 33.6 Å². The molecule has 0 N–H and O–H groups in total. The van der Waals surface area contributed by atoms with Crippen LogP contribution in [0.2, 0.25) is 0 Å². The summed E-state index contributed by atoms with van der Waals surface area (Å²) in [6.45, 7) is 28.3. The van der Waals surface area contributed by atoms with Crippen molar-refractivity contribution in [3.8, 4) is 0 Å². The first-order chi connectivity index (χ1) is 18.9. The number of anilines is 2. The lowest BCUT2D eigenvalue weighted by Crippen LogP contribution is -2.64. The second kappa shape index (κ2) is 11.0. The van der Waals surface area contributed by atoms with Crippen LogP contribution in [0.25, 0.3) is 0 Å². The summed E-state index contributed by atoms with van der Waals surface area (Å²) in [5.74, 6) is 0. The van der Waals surface area contributed by atoms with E-state index in [0.29, 0.717) is 0 Å². The average Bonchev–Trinajstić information content (AvgIpc) is 3.21. The average molecular weight is 600 g/mol. The molecule has 2 aromatic carbocycles. The largest absolute Gasteiger partial charge is 0.359 e. The molecule has 2 aliphatic rings. The van der Waals surface area contributed by atoms with Crippen molar-refractivity contribution >= 4 is 34.6 Å². The minimum atomic E-state index is -1.05. The Hall–Kier alpha value is -1.38. The van der Waals surface area contributed by atoms with Crippen molar-refractivity contribution in [1.29, 1.82) is 0 Å². The highest BCUT2D eigenvalue weighted by Gasteiger charge is 2.67. The summed E-state index contributed by atoms with van der Waals surface area (Å²) in [5.41, 5.74) is 7.84. The molecule has 2 fully saturated rings. The van der Waals surface area contributed by atoms with Gasteiger partial charge in [-0.25, -0.2) is 0 Å². The molecule has 41 heavy (non-hydrogen) atoms. The van der Waals surface area contributed by atoms with Gasteiger partial charge in [0.15, 0.2) is 4.33 Å². The number of aryl methyl sites for hydroxylation is 4. The second-order valence-corrected chi connectivity index (χ2v) is 16.9. The maximum Gasteiger partial charge on any atom is 0.159 e. The Bertz CT molecular complexity index is 1120. The quantitative estimate of drug-likeness (QED) is 0.279. The molecule has 2 nitrogen and oxygen atoms in total. The van der Waals surface area contributed by atoms with Gasteiger partial charge in [0.05, 0.1) is 12.1 Å². The fourth-order valence-corrected chi connectivity index (χ4v) is 11.0. The molecule has 2 aromatic rings. The van der Waals surface area contributed by atoms with Crippen LogP contribution in [0.4, 0.5) is 11.4 Å². The van der Waals surface area contributed by atoms with Crippen molar-refractivity contribution in [1.82, 2.24) is 0 Å². The Morgan fingerprint density at radius 3 is 1.10 bits per heavy atom. The molecular weight excluding hydrogens is 543 g/mol. The zero-order valence-electron chi connectivity index (χ0n) is 28.0. The van der Waals surface area contributed by atoms with E-state index in [9.17, 15) is 0 Å². The standard InChI is InChI=1S/C37H56Cl2N2/c1-13-25-19-17-20-26(14-2)29(25)40-31(33(5,6)23-35(40,9)10)37(38,39)32-34(7,8)24-36(11,12)41(32)30-27(15-3)21-18-22-28(30)16-4/h17-22,31-32H,13-16,23-24H2,1-12H3. The lowest BCUT2D eigenvalue weighted by atomic mass is 9.73. The molecule has 0 bridgehead atoms. The van der Waals surface area contributed by atoms with E-state index < -0.39 is 4.33 Å². The summed E-state index contributed by atoms with van der Waals surface area (Å²) in [6, 6.07) is 13.5. The number of hydrogen-bond acceptors (Lipinski definition) is 2. The molecule has 2 atom stereocenters. The first kappa shape index (κ1) is 32.5. The van der Waals surface area contributed by atoms with Crippen LogP contribution in [-0.4, -0.2) is 27.5 Å². The van der Waals surface area contributed by atoms with E-state index in [2.05, 4.69) is 129 Å². The number of halogens is 2. The van der Waals surface area contributed by atoms with Gasteiger partial charge in [-0.2, -0.15) is 0 Å². The molecule has 4 rings (SSSR count). The monoisotopic (exact) mass is 598 g/mol. The summed E-state index contributed by atoms with van der Waals surface area (Å²) in [4.78, 5) is 5.35. The molecule has 2 aliphatic heterocycles. The number of para-hydroxylation sites is 2. The summed E-state index contributed by atoms with van der Waals surface area (Å²) in [7, 11) is 0. The highest BCUT2D eigenvalue weighted by molar-refractivity contribution is 6.50. The summed E-state index contributed by atoms with van der Waals surface area (Å²) >= 11 is 16.3. The van der Waals surface area contributed by atoms with E-state index in [1.54, 1.807) is 0 Å². The van der Waals surface area contributed by atoms with Crippen molar-refractivity contribution < 1.29 is 0 Å². The van der Waals surface area contributed by atoms with Gasteiger partial charge in [-0.05, 0) is 99.3 Å². The Kier molecular flexibility index (Phi) is 8.70. The first-order valence-electron chi connectivity index (χ1n) is 16.1. The van der Waals surface area contributed by atoms with Crippen molar-refractivity contribution in [2.24, 2.45) is 10.8 Å². The number of nitrogens with zero attached hydrogens (tertiary/aromatic N) is 2. The predicted molar refractivity (Wildman–Crippen MR) is 182 cm³/mol. The van der Waals surface area contributed by atoms with E-state index in [4.69, 9.17) is 23.2 Å². The van der Waals surface area contributed by atoms with E-state index in [1.807, 2.05) is 0 Å². The molecular formula is C37H56Cl2N2. The van der Waals surface area contributed by atoms with Crippen molar-refractivity contribution in [3.63, 3.8) is 0 Å². The van der Waals surface area contributed by atoms with Gasteiger partial charge < -0.3 is 9.80 Å². The molecule has 2 saturated heterocycles. The van der Waals surface area contributed by atoms with Gasteiger partial charge >= 0.3 is 0 Å². The Morgan fingerprint density at radius 2 is 0.854 bits per heavy atom. The Labute approximate surface area is 262 Å². The highest BCUT2D eigenvalue weighted by Crippen LogP contribution is 2.62. The number of alkyl halides is 2. The number of benzene rings is 2. The van der Waals surface area contributed by atoms with E-state index in [0.717, 1.165) is 38.5 Å². The van der Waals surface area contributed by atoms with Gasteiger partial charge in [0.1, 0.15) is 0 Å². The third kappa shape index (κ3) is 5.32. The minimum absolute atomic E-state index is 0.0779. The summed E-state index contributed by atoms with van der Waals surface area (Å²) in [6.07, 6.45) is 5.98. The van der Waals surface area contributed by atoms with Crippen LogP contribution >= 0.6 is 23.2 Å². The van der Waals surface area contributed by atoms with Gasteiger partial charge in [0.2, 0.25) is 0 Å².